The lowest BCUT2D eigenvalue weighted by Crippen LogP contribution is -2.41. The Bertz CT molecular complexity index is 146. The third kappa shape index (κ3) is 3.05. The van der Waals surface area contributed by atoms with E-state index in [0.29, 0.717) is 13.1 Å². The number of hydroxylamine groups is 1. The molecule has 1 aliphatic rings. The van der Waals surface area contributed by atoms with Gasteiger partial charge in [0.15, 0.2) is 0 Å². The minimum atomic E-state index is -0.840. The van der Waals surface area contributed by atoms with Crippen LogP contribution in [0.15, 0.2) is 0 Å². The molecular weight excluding hydrogens is 159 g/mol. The SMILES string of the molecule is CC(C)(C)ONC1CNCC1F. The van der Waals surface area contributed by atoms with Crippen LogP contribution in [0.3, 0.4) is 0 Å². The van der Waals surface area contributed by atoms with E-state index in [1.165, 1.54) is 0 Å². The van der Waals surface area contributed by atoms with Gasteiger partial charge in [0, 0.05) is 13.1 Å². The van der Waals surface area contributed by atoms with Gasteiger partial charge in [0.1, 0.15) is 6.17 Å². The van der Waals surface area contributed by atoms with Crippen LogP contribution >= 0.6 is 0 Å². The Morgan fingerprint density at radius 1 is 1.42 bits per heavy atom. The monoisotopic (exact) mass is 176 g/mol. The fraction of sp³-hybridized carbons (Fsp3) is 1.00. The molecule has 1 saturated heterocycles. The third-order valence-corrected chi connectivity index (χ3v) is 1.66. The lowest BCUT2D eigenvalue weighted by Gasteiger charge is -2.23. The van der Waals surface area contributed by atoms with E-state index in [9.17, 15) is 4.39 Å². The van der Waals surface area contributed by atoms with Gasteiger partial charge in [-0.15, -0.1) is 0 Å². The number of hydrogen-bond donors (Lipinski definition) is 2. The van der Waals surface area contributed by atoms with Crippen molar-refractivity contribution >= 4 is 0 Å². The Kier molecular flexibility index (Phi) is 3.04. The summed E-state index contributed by atoms with van der Waals surface area (Å²) in [5, 5.41) is 2.94. The van der Waals surface area contributed by atoms with Gasteiger partial charge in [-0.3, -0.25) is 4.84 Å². The summed E-state index contributed by atoms with van der Waals surface area (Å²) in [5.74, 6) is 0. The lowest BCUT2D eigenvalue weighted by molar-refractivity contribution is -0.0923. The number of rotatable bonds is 2. The zero-order valence-electron chi connectivity index (χ0n) is 7.86. The fourth-order valence-corrected chi connectivity index (χ4v) is 1.01. The van der Waals surface area contributed by atoms with E-state index in [1.807, 2.05) is 20.8 Å². The maximum Gasteiger partial charge on any atom is 0.131 e. The van der Waals surface area contributed by atoms with Gasteiger partial charge < -0.3 is 5.32 Å². The van der Waals surface area contributed by atoms with E-state index >= 15 is 0 Å². The van der Waals surface area contributed by atoms with Gasteiger partial charge >= 0.3 is 0 Å². The van der Waals surface area contributed by atoms with Crippen molar-refractivity contribution in [3.05, 3.63) is 0 Å². The predicted molar refractivity (Wildman–Crippen MR) is 45.5 cm³/mol. The van der Waals surface area contributed by atoms with E-state index in [1.54, 1.807) is 0 Å². The molecule has 0 saturated carbocycles. The van der Waals surface area contributed by atoms with Crippen LogP contribution < -0.4 is 10.8 Å². The highest BCUT2D eigenvalue weighted by molar-refractivity contribution is 4.84. The molecule has 0 aromatic heterocycles. The summed E-state index contributed by atoms with van der Waals surface area (Å²) in [5.41, 5.74) is 2.47. The summed E-state index contributed by atoms with van der Waals surface area (Å²) in [6.07, 6.45) is -0.840. The van der Waals surface area contributed by atoms with Crippen molar-refractivity contribution in [2.75, 3.05) is 13.1 Å². The van der Waals surface area contributed by atoms with Gasteiger partial charge in [-0.2, -0.15) is 5.48 Å². The second-order valence-electron chi connectivity index (χ2n) is 4.11. The summed E-state index contributed by atoms with van der Waals surface area (Å²) < 4.78 is 13.0. The van der Waals surface area contributed by atoms with Crippen LogP contribution in [0.25, 0.3) is 0 Å². The average Bonchev–Trinajstić information content (AvgIpc) is 2.29. The maximum absolute atomic E-state index is 13.0. The van der Waals surface area contributed by atoms with Crippen molar-refractivity contribution in [1.29, 1.82) is 0 Å². The van der Waals surface area contributed by atoms with Crippen molar-refractivity contribution < 1.29 is 9.23 Å². The molecular formula is C8H17FN2O. The fourth-order valence-electron chi connectivity index (χ4n) is 1.01. The molecule has 0 radical (unpaired) electrons. The second kappa shape index (κ2) is 3.68. The molecule has 0 aromatic carbocycles. The summed E-state index contributed by atoms with van der Waals surface area (Å²) in [7, 11) is 0. The summed E-state index contributed by atoms with van der Waals surface area (Å²) in [4.78, 5) is 5.25. The minimum Gasteiger partial charge on any atom is -0.312 e. The van der Waals surface area contributed by atoms with Crippen LogP contribution in [-0.4, -0.2) is 30.9 Å². The van der Waals surface area contributed by atoms with Gasteiger partial charge in [0.25, 0.3) is 0 Å². The summed E-state index contributed by atoms with van der Waals surface area (Å²) in [6.45, 7) is 6.84. The third-order valence-electron chi connectivity index (χ3n) is 1.66. The highest BCUT2D eigenvalue weighted by Crippen LogP contribution is 2.08. The molecule has 0 aromatic rings. The van der Waals surface area contributed by atoms with Crippen molar-refractivity contribution in [1.82, 2.24) is 10.8 Å². The molecule has 1 fully saturated rings. The van der Waals surface area contributed by atoms with E-state index < -0.39 is 6.17 Å². The first-order valence-corrected chi connectivity index (χ1v) is 4.27. The van der Waals surface area contributed by atoms with Gasteiger partial charge in [-0.05, 0) is 20.8 Å². The van der Waals surface area contributed by atoms with Crippen LogP contribution in [0.1, 0.15) is 20.8 Å². The van der Waals surface area contributed by atoms with Crippen molar-refractivity contribution in [2.24, 2.45) is 0 Å². The molecule has 1 aliphatic heterocycles. The molecule has 12 heavy (non-hydrogen) atoms. The Morgan fingerprint density at radius 3 is 2.50 bits per heavy atom. The molecule has 4 heteroatoms. The highest BCUT2D eigenvalue weighted by atomic mass is 19.1. The van der Waals surface area contributed by atoms with Crippen LogP contribution in [0.5, 0.6) is 0 Å². The number of alkyl halides is 1. The van der Waals surface area contributed by atoms with Crippen LogP contribution in [0.4, 0.5) is 4.39 Å². The molecule has 2 unspecified atom stereocenters. The van der Waals surface area contributed by atoms with E-state index in [-0.39, 0.29) is 11.6 Å². The first kappa shape index (κ1) is 9.89. The predicted octanol–water partition coefficient (Wildman–Crippen LogP) is 0.616. The van der Waals surface area contributed by atoms with Crippen LogP contribution in [0.2, 0.25) is 0 Å². The molecule has 0 spiro atoms. The average molecular weight is 176 g/mol. The standard InChI is InChI=1S/C8H17FN2O/c1-8(2,3)12-11-7-5-10-4-6(7)9/h6-7,10-11H,4-5H2,1-3H3. The van der Waals surface area contributed by atoms with Crippen molar-refractivity contribution in [3.8, 4) is 0 Å². The zero-order chi connectivity index (χ0) is 9.19. The first-order valence-electron chi connectivity index (χ1n) is 4.27. The molecule has 72 valence electrons. The molecule has 1 heterocycles. The summed E-state index contributed by atoms with van der Waals surface area (Å²) >= 11 is 0. The smallest absolute Gasteiger partial charge is 0.131 e. The zero-order valence-corrected chi connectivity index (χ0v) is 7.86. The Morgan fingerprint density at radius 2 is 2.08 bits per heavy atom. The molecule has 3 nitrogen and oxygen atoms in total. The Hall–Kier alpha value is -0.190. The van der Waals surface area contributed by atoms with Gasteiger partial charge in [0.2, 0.25) is 0 Å². The van der Waals surface area contributed by atoms with Gasteiger partial charge in [0.05, 0.1) is 11.6 Å². The highest BCUT2D eigenvalue weighted by Gasteiger charge is 2.27. The van der Waals surface area contributed by atoms with E-state index in [0.717, 1.165) is 0 Å². The van der Waals surface area contributed by atoms with Crippen LogP contribution in [0, 0.1) is 0 Å². The molecule has 0 aliphatic carbocycles. The number of halogens is 1. The molecule has 2 atom stereocenters. The largest absolute Gasteiger partial charge is 0.312 e. The topological polar surface area (TPSA) is 33.3 Å². The number of hydrogen-bond acceptors (Lipinski definition) is 3. The maximum atomic E-state index is 13.0. The molecule has 0 bridgehead atoms. The second-order valence-corrected chi connectivity index (χ2v) is 4.11. The van der Waals surface area contributed by atoms with Crippen molar-refractivity contribution in [2.45, 2.75) is 38.6 Å². The van der Waals surface area contributed by atoms with Gasteiger partial charge in [-0.1, -0.05) is 0 Å². The Balaban J connectivity index is 2.23. The van der Waals surface area contributed by atoms with Crippen molar-refractivity contribution in [3.63, 3.8) is 0 Å². The molecule has 1 rings (SSSR count). The van der Waals surface area contributed by atoms with Gasteiger partial charge in [-0.25, -0.2) is 4.39 Å². The normalized spacial score (nSPS) is 31.0. The van der Waals surface area contributed by atoms with E-state index in [4.69, 9.17) is 4.84 Å². The lowest BCUT2D eigenvalue weighted by atomic mass is 10.2. The summed E-state index contributed by atoms with van der Waals surface area (Å²) in [6, 6.07) is -0.204. The molecule has 2 N–H and O–H groups in total. The quantitative estimate of drug-likeness (QED) is 0.605. The van der Waals surface area contributed by atoms with Crippen LogP contribution in [-0.2, 0) is 4.84 Å². The van der Waals surface area contributed by atoms with E-state index in [2.05, 4.69) is 10.8 Å². The Labute approximate surface area is 72.6 Å². The number of nitrogens with one attached hydrogen (secondary N) is 2. The minimum absolute atomic E-state index is 0.204. The molecule has 0 amide bonds. The first-order chi connectivity index (χ1) is 5.49.